The van der Waals surface area contributed by atoms with E-state index in [4.69, 9.17) is 10.00 Å². The summed E-state index contributed by atoms with van der Waals surface area (Å²) in [6.07, 6.45) is -0.0298. The number of aromatic nitrogens is 3. The van der Waals surface area contributed by atoms with Crippen molar-refractivity contribution in [2.24, 2.45) is 0 Å². The average Bonchev–Trinajstić information content (AvgIpc) is 3.20. The molecule has 36 heavy (non-hydrogen) atoms. The zero-order valence-corrected chi connectivity index (χ0v) is 20.2. The molecule has 1 unspecified atom stereocenters. The Hall–Kier alpha value is -3.56. The van der Waals surface area contributed by atoms with Crippen molar-refractivity contribution < 1.29 is 22.7 Å². The van der Waals surface area contributed by atoms with Crippen molar-refractivity contribution in [3.63, 3.8) is 0 Å². The largest absolute Gasteiger partial charge is 0.473 e. The average molecular weight is 517 g/mol. The van der Waals surface area contributed by atoms with E-state index >= 15 is 0 Å². The monoisotopic (exact) mass is 516 g/mol. The Morgan fingerprint density at radius 1 is 1.28 bits per heavy atom. The predicted octanol–water partition coefficient (Wildman–Crippen LogP) is 4.36. The van der Waals surface area contributed by atoms with Gasteiger partial charge in [0.2, 0.25) is 5.88 Å². The summed E-state index contributed by atoms with van der Waals surface area (Å²) in [5.74, 6) is -0.0525. The molecule has 12 heteroatoms. The van der Waals surface area contributed by atoms with E-state index in [1.807, 2.05) is 6.07 Å². The van der Waals surface area contributed by atoms with Crippen LogP contribution in [0.3, 0.4) is 0 Å². The number of nitrogens with zero attached hydrogens (tertiary/aromatic N) is 5. The zero-order valence-electron chi connectivity index (χ0n) is 19.4. The minimum absolute atomic E-state index is 0.182. The Balaban J connectivity index is 1.37. The van der Waals surface area contributed by atoms with Crippen LogP contribution in [0, 0.1) is 18.3 Å². The number of likely N-dealkylation sites (tertiary alicyclic amines) is 1. The number of carbonyl (C=O) groups is 1. The minimum atomic E-state index is -4.24. The third-order valence-electron chi connectivity index (χ3n) is 5.60. The highest BCUT2D eigenvalue weighted by atomic mass is 32.1. The first kappa shape index (κ1) is 25.5. The number of amides is 1. The number of ether oxygens (including phenoxy) is 1. The molecule has 0 spiro atoms. The highest BCUT2D eigenvalue weighted by Crippen LogP contribution is 2.25. The van der Waals surface area contributed by atoms with E-state index in [0.717, 1.165) is 4.88 Å². The van der Waals surface area contributed by atoms with Crippen molar-refractivity contribution in [3.8, 4) is 11.9 Å². The first-order valence-corrected chi connectivity index (χ1v) is 12.0. The van der Waals surface area contributed by atoms with E-state index in [2.05, 4.69) is 19.7 Å². The van der Waals surface area contributed by atoms with E-state index in [9.17, 15) is 18.0 Å². The van der Waals surface area contributed by atoms with Gasteiger partial charge >= 0.3 is 6.18 Å². The number of aryl methyl sites for hydroxylation is 1. The maximum absolute atomic E-state index is 13.0. The number of piperidine rings is 1. The first-order valence-electron chi connectivity index (χ1n) is 11.2. The lowest BCUT2D eigenvalue weighted by atomic mass is 10.1. The number of carbonyl (C=O) groups excluding carboxylic acids is 1. The van der Waals surface area contributed by atoms with E-state index in [-0.39, 0.29) is 24.4 Å². The Kier molecular flexibility index (Phi) is 7.81. The fourth-order valence-electron chi connectivity index (χ4n) is 3.98. The normalized spacial score (nSPS) is 16.4. The van der Waals surface area contributed by atoms with Crippen molar-refractivity contribution in [2.75, 3.05) is 25.0 Å². The summed E-state index contributed by atoms with van der Waals surface area (Å²) in [5, 5.41) is 11.7. The standard InChI is InChI=1S/C24H23F3N6O2S/c1-15-22(20(36-32-15)9-17-5-4-16(10-28)11-29-17)23(34)31-18-6-7-21(30-12-18)35-19-3-2-8-33(13-19)14-24(25,26)27/h4-7,11-12,19H,2-3,8-9,13-14H2,1H3,(H,31,34). The van der Waals surface area contributed by atoms with Gasteiger partial charge in [-0.25, -0.2) is 4.98 Å². The van der Waals surface area contributed by atoms with Crippen LogP contribution in [0.15, 0.2) is 36.7 Å². The maximum atomic E-state index is 13.0. The number of pyridine rings is 2. The second-order valence-corrected chi connectivity index (χ2v) is 9.32. The molecule has 1 aliphatic rings. The van der Waals surface area contributed by atoms with E-state index in [1.54, 1.807) is 31.2 Å². The molecule has 1 N–H and O–H groups in total. The van der Waals surface area contributed by atoms with Crippen LogP contribution in [0.1, 0.15) is 45.0 Å². The molecular formula is C24H23F3N6O2S. The van der Waals surface area contributed by atoms with Crippen LogP contribution >= 0.6 is 11.5 Å². The summed E-state index contributed by atoms with van der Waals surface area (Å²) in [5.41, 5.74) is 2.67. The lowest BCUT2D eigenvalue weighted by Gasteiger charge is -2.32. The third kappa shape index (κ3) is 6.77. The fraction of sp³-hybridized carbons (Fsp3) is 0.375. The maximum Gasteiger partial charge on any atom is 0.401 e. The Morgan fingerprint density at radius 3 is 2.78 bits per heavy atom. The van der Waals surface area contributed by atoms with E-state index in [0.29, 0.717) is 54.0 Å². The summed E-state index contributed by atoms with van der Waals surface area (Å²) in [6, 6.07) is 8.65. The molecule has 0 saturated carbocycles. The summed E-state index contributed by atoms with van der Waals surface area (Å²) in [6.45, 7) is 1.37. The number of anilines is 1. The van der Waals surface area contributed by atoms with Crippen LogP contribution < -0.4 is 10.1 Å². The van der Waals surface area contributed by atoms with Gasteiger partial charge in [-0.05, 0) is 56.0 Å². The molecule has 1 fully saturated rings. The molecule has 0 radical (unpaired) electrons. The molecule has 4 heterocycles. The number of alkyl halides is 3. The number of hydrogen-bond acceptors (Lipinski definition) is 8. The fourth-order valence-corrected chi connectivity index (χ4v) is 4.87. The van der Waals surface area contributed by atoms with Crippen LogP contribution in [-0.4, -0.2) is 57.1 Å². The minimum Gasteiger partial charge on any atom is -0.473 e. The number of rotatable bonds is 7. The summed E-state index contributed by atoms with van der Waals surface area (Å²) in [7, 11) is 0. The van der Waals surface area contributed by atoms with Gasteiger partial charge in [0.25, 0.3) is 5.91 Å². The van der Waals surface area contributed by atoms with Crippen molar-refractivity contribution in [1.29, 1.82) is 5.26 Å². The zero-order chi connectivity index (χ0) is 25.7. The van der Waals surface area contributed by atoms with E-state index in [1.165, 1.54) is 28.8 Å². The van der Waals surface area contributed by atoms with Crippen LogP contribution in [0.2, 0.25) is 0 Å². The lowest BCUT2D eigenvalue weighted by molar-refractivity contribution is -0.150. The molecule has 0 aromatic carbocycles. The number of nitrogens with one attached hydrogen (secondary N) is 1. The molecule has 1 amide bonds. The predicted molar refractivity (Wildman–Crippen MR) is 127 cm³/mol. The van der Waals surface area contributed by atoms with Gasteiger partial charge in [0, 0.05) is 35.8 Å². The Bertz CT molecular complexity index is 1240. The van der Waals surface area contributed by atoms with Gasteiger partial charge < -0.3 is 10.1 Å². The van der Waals surface area contributed by atoms with Crippen molar-refractivity contribution in [2.45, 2.75) is 38.5 Å². The van der Waals surface area contributed by atoms with Crippen molar-refractivity contribution in [1.82, 2.24) is 19.2 Å². The van der Waals surface area contributed by atoms with E-state index < -0.39 is 12.7 Å². The highest BCUT2D eigenvalue weighted by molar-refractivity contribution is 7.06. The van der Waals surface area contributed by atoms with Gasteiger partial charge in [-0.1, -0.05) is 0 Å². The number of nitriles is 1. The second-order valence-electron chi connectivity index (χ2n) is 8.46. The molecule has 188 valence electrons. The van der Waals surface area contributed by atoms with Crippen LogP contribution in [0.5, 0.6) is 5.88 Å². The Morgan fingerprint density at radius 2 is 2.11 bits per heavy atom. The molecule has 1 saturated heterocycles. The summed E-state index contributed by atoms with van der Waals surface area (Å²) >= 11 is 1.22. The SMILES string of the molecule is Cc1nsc(Cc2ccc(C#N)cn2)c1C(=O)Nc1ccc(OC2CCCN(CC(F)(F)F)C2)nc1. The second kappa shape index (κ2) is 11.0. The van der Waals surface area contributed by atoms with Crippen molar-refractivity contribution >= 4 is 23.1 Å². The summed E-state index contributed by atoms with van der Waals surface area (Å²) < 4.78 is 48.1. The quantitative estimate of drug-likeness (QED) is 0.498. The number of hydrogen-bond donors (Lipinski definition) is 1. The van der Waals surface area contributed by atoms with Gasteiger partial charge in [0.15, 0.2) is 0 Å². The highest BCUT2D eigenvalue weighted by Gasteiger charge is 2.33. The van der Waals surface area contributed by atoms with Crippen LogP contribution in [-0.2, 0) is 6.42 Å². The number of halogens is 3. The van der Waals surface area contributed by atoms with Gasteiger partial charge in [-0.2, -0.15) is 22.8 Å². The topological polar surface area (TPSA) is 104 Å². The lowest BCUT2D eigenvalue weighted by Crippen LogP contribution is -2.45. The molecule has 3 aromatic rings. The third-order valence-corrected chi connectivity index (χ3v) is 6.54. The first-order chi connectivity index (χ1) is 17.2. The van der Waals surface area contributed by atoms with Crippen molar-refractivity contribution in [3.05, 3.63) is 64.1 Å². The molecule has 0 aliphatic carbocycles. The molecule has 4 rings (SSSR count). The molecule has 0 bridgehead atoms. The molecule has 1 aliphatic heterocycles. The molecular weight excluding hydrogens is 493 g/mol. The molecule has 3 aromatic heterocycles. The van der Waals surface area contributed by atoms with Gasteiger partial charge in [0.1, 0.15) is 12.2 Å². The van der Waals surface area contributed by atoms with Crippen LogP contribution in [0.4, 0.5) is 18.9 Å². The van der Waals surface area contributed by atoms with Gasteiger partial charge in [-0.3, -0.25) is 14.7 Å². The van der Waals surface area contributed by atoms with Gasteiger partial charge in [-0.15, -0.1) is 0 Å². The molecule has 1 atom stereocenters. The van der Waals surface area contributed by atoms with Crippen LogP contribution in [0.25, 0.3) is 0 Å². The molecule has 8 nitrogen and oxygen atoms in total. The summed E-state index contributed by atoms with van der Waals surface area (Å²) in [4.78, 5) is 23.5. The Labute approximate surface area is 209 Å². The van der Waals surface area contributed by atoms with Gasteiger partial charge in [0.05, 0.1) is 35.2 Å². The smallest absolute Gasteiger partial charge is 0.401 e.